The van der Waals surface area contributed by atoms with Gasteiger partial charge in [-0.1, -0.05) is 19.9 Å². The Labute approximate surface area is 121 Å². The average Bonchev–Trinajstić information content (AvgIpc) is 3.12. The Hall–Kier alpha value is -2.57. The van der Waals surface area contributed by atoms with Crippen LogP contribution in [-0.4, -0.2) is 22.9 Å². The predicted octanol–water partition coefficient (Wildman–Crippen LogP) is 1.85. The van der Waals surface area contributed by atoms with E-state index in [1.54, 1.807) is 0 Å². The first kappa shape index (κ1) is 13.4. The first-order chi connectivity index (χ1) is 10.1. The van der Waals surface area contributed by atoms with Crippen molar-refractivity contribution in [2.75, 3.05) is 6.79 Å². The molecule has 0 saturated carbocycles. The Bertz CT molecular complexity index is 666. The highest BCUT2D eigenvalue weighted by Crippen LogP contribution is 2.32. The van der Waals surface area contributed by atoms with Gasteiger partial charge >= 0.3 is 11.8 Å². The molecule has 2 heterocycles. The molecular weight excluding hydrogens is 274 g/mol. The van der Waals surface area contributed by atoms with Gasteiger partial charge in [-0.2, -0.15) is 0 Å². The molecular formula is C14H15N3O4. The van der Waals surface area contributed by atoms with Crippen molar-refractivity contribution in [2.24, 2.45) is 0 Å². The largest absolute Gasteiger partial charge is 0.454 e. The van der Waals surface area contributed by atoms with Gasteiger partial charge in [0.05, 0.1) is 0 Å². The summed E-state index contributed by atoms with van der Waals surface area (Å²) in [5, 5.41) is 10.3. The van der Waals surface area contributed by atoms with Gasteiger partial charge in [-0.15, -0.1) is 10.2 Å². The summed E-state index contributed by atoms with van der Waals surface area (Å²) < 4.78 is 15.8. The van der Waals surface area contributed by atoms with Crippen molar-refractivity contribution in [3.05, 3.63) is 35.5 Å². The third-order valence-corrected chi connectivity index (χ3v) is 3.02. The Kier molecular flexibility index (Phi) is 3.47. The van der Waals surface area contributed by atoms with Crippen LogP contribution in [0.25, 0.3) is 0 Å². The number of hydrogen-bond donors (Lipinski definition) is 1. The molecule has 21 heavy (non-hydrogen) atoms. The van der Waals surface area contributed by atoms with Gasteiger partial charge in [0.1, 0.15) is 0 Å². The minimum absolute atomic E-state index is 0.0283. The van der Waals surface area contributed by atoms with Crippen LogP contribution in [0, 0.1) is 0 Å². The number of nitrogens with one attached hydrogen (secondary N) is 1. The molecule has 1 amide bonds. The summed E-state index contributed by atoms with van der Waals surface area (Å²) in [6, 6.07) is 5.50. The molecule has 1 N–H and O–H groups in total. The van der Waals surface area contributed by atoms with Crippen molar-refractivity contribution in [3.8, 4) is 11.5 Å². The van der Waals surface area contributed by atoms with Crippen LogP contribution in [-0.2, 0) is 6.54 Å². The van der Waals surface area contributed by atoms with Crippen LogP contribution < -0.4 is 14.8 Å². The van der Waals surface area contributed by atoms with E-state index in [0.717, 1.165) is 5.56 Å². The molecule has 1 aliphatic heterocycles. The van der Waals surface area contributed by atoms with E-state index in [1.807, 2.05) is 32.0 Å². The van der Waals surface area contributed by atoms with E-state index >= 15 is 0 Å². The third-order valence-electron chi connectivity index (χ3n) is 3.02. The number of rotatable bonds is 4. The Morgan fingerprint density at radius 2 is 2.10 bits per heavy atom. The maximum Gasteiger partial charge on any atom is 0.309 e. The average molecular weight is 289 g/mol. The highest BCUT2D eigenvalue weighted by Gasteiger charge is 2.17. The molecule has 0 saturated heterocycles. The Morgan fingerprint density at radius 1 is 1.29 bits per heavy atom. The van der Waals surface area contributed by atoms with E-state index in [4.69, 9.17) is 13.9 Å². The van der Waals surface area contributed by atoms with Gasteiger partial charge in [0.25, 0.3) is 0 Å². The molecule has 0 bridgehead atoms. The van der Waals surface area contributed by atoms with Gasteiger partial charge in [-0.05, 0) is 17.7 Å². The number of amides is 1. The number of hydrogen-bond acceptors (Lipinski definition) is 6. The lowest BCUT2D eigenvalue weighted by molar-refractivity contribution is 0.0914. The molecule has 2 aromatic rings. The molecule has 1 aromatic heterocycles. The molecule has 7 heteroatoms. The number of carbonyl (C=O) groups excluding carboxylic acids is 1. The molecule has 0 atom stereocenters. The maximum atomic E-state index is 11.9. The lowest BCUT2D eigenvalue weighted by Gasteiger charge is -2.04. The van der Waals surface area contributed by atoms with Crippen molar-refractivity contribution in [2.45, 2.75) is 26.3 Å². The molecule has 3 rings (SSSR count). The van der Waals surface area contributed by atoms with Crippen LogP contribution in [0.15, 0.2) is 22.6 Å². The second-order valence-corrected chi connectivity index (χ2v) is 4.97. The Morgan fingerprint density at radius 3 is 2.86 bits per heavy atom. The van der Waals surface area contributed by atoms with Gasteiger partial charge in [-0.25, -0.2) is 0 Å². The van der Waals surface area contributed by atoms with Crippen LogP contribution >= 0.6 is 0 Å². The number of nitrogens with zero attached hydrogens (tertiary/aromatic N) is 2. The van der Waals surface area contributed by atoms with Crippen LogP contribution in [0.2, 0.25) is 0 Å². The van der Waals surface area contributed by atoms with Crippen molar-refractivity contribution in [1.82, 2.24) is 15.5 Å². The number of aromatic nitrogens is 2. The maximum absolute atomic E-state index is 11.9. The van der Waals surface area contributed by atoms with E-state index in [0.29, 0.717) is 23.9 Å². The normalized spacial score (nSPS) is 12.7. The fraction of sp³-hybridized carbons (Fsp3) is 0.357. The van der Waals surface area contributed by atoms with Gasteiger partial charge in [-0.3, -0.25) is 4.79 Å². The molecule has 110 valence electrons. The van der Waals surface area contributed by atoms with Gasteiger partial charge in [0.2, 0.25) is 12.7 Å². The van der Waals surface area contributed by atoms with Crippen LogP contribution in [0.3, 0.4) is 0 Å². The number of fused-ring (bicyclic) bond motifs is 1. The first-order valence-electron chi connectivity index (χ1n) is 6.63. The molecule has 7 nitrogen and oxygen atoms in total. The van der Waals surface area contributed by atoms with Crippen molar-refractivity contribution in [1.29, 1.82) is 0 Å². The fourth-order valence-corrected chi connectivity index (χ4v) is 1.87. The summed E-state index contributed by atoms with van der Waals surface area (Å²) in [6.07, 6.45) is 0. The summed E-state index contributed by atoms with van der Waals surface area (Å²) >= 11 is 0. The number of ether oxygens (including phenoxy) is 2. The summed E-state index contributed by atoms with van der Waals surface area (Å²) in [5.74, 6) is 1.51. The van der Waals surface area contributed by atoms with Crippen molar-refractivity contribution < 1.29 is 18.7 Å². The summed E-state index contributed by atoms with van der Waals surface area (Å²) in [4.78, 5) is 11.9. The minimum atomic E-state index is -0.396. The van der Waals surface area contributed by atoms with Crippen LogP contribution in [0.1, 0.15) is 41.9 Å². The number of benzene rings is 1. The second kappa shape index (κ2) is 5.43. The van der Waals surface area contributed by atoms with E-state index in [1.165, 1.54) is 0 Å². The number of carbonyl (C=O) groups is 1. The predicted molar refractivity (Wildman–Crippen MR) is 72.1 cm³/mol. The minimum Gasteiger partial charge on any atom is -0.454 e. The highest BCUT2D eigenvalue weighted by molar-refractivity contribution is 5.89. The van der Waals surface area contributed by atoms with E-state index < -0.39 is 5.91 Å². The SMILES string of the molecule is CC(C)c1nnc(C(=O)NCc2ccc3c(c2)OCO3)o1. The summed E-state index contributed by atoms with van der Waals surface area (Å²) in [7, 11) is 0. The summed E-state index contributed by atoms with van der Waals surface area (Å²) in [6.45, 7) is 4.41. The van der Waals surface area contributed by atoms with Gasteiger partial charge in [0, 0.05) is 12.5 Å². The van der Waals surface area contributed by atoms with E-state index in [9.17, 15) is 4.79 Å². The smallest absolute Gasteiger partial charge is 0.309 e. The zero-order valence-electron chi connectivity index (χ0n) is 11.8. The monoisotopic (exact) mass is 289 g/mol. The zero-order chi connectivity index (χ0) is 14.8. The van der Waals surface area contributed by atoms with E-state index in [-0.39, 0.29) is 18.6 Å². The molecule has 0 fully saturated rings. The third kappa shape index (κ3) is 2.81. The zero-order valence-corrected chi connectivity index (χ0v) is 11.8. The lowest BCUT2D eigenvalue weighted by Crippen LogP contribution is -2.23. The van der Waals surface area contributed by atoms with Gasteiger partial charge in [0.15, 0.2) is 11.5 Å². The quantitative estimate of drug-likeness (QED) is 0.924. The molecule has 0 radical (unpaired) electrons. The highest BCUT2D eigenvalue weighted by atomic mass is 16.7. The second-order valence-electron chi connectivity index (χ2n) is 4.97. The van der Waals surface area contributed by atoms with E-state index in [2.05, 4.69) is 15.5 Å². The molecule has 1 aliphatic rings. The standard InChI is InChI=1S/C14H15N3O4/c1-8(2)13-16-17-14(21-13)12(18)15-6-9-3-4-10-11(5-9)20-7-19-10/h3-5,8H,6-7H2,1-2H3,(H,15,18). The molecule has 0 spiro atoms. The molecule has 1 aromatic carbocycles. The molecule has 0 aliphatic carbocycles. The van der Waals surface area contributed by atoms with Crippen molar-refractivity contribution in [3.63, 3.8) is 0 Å². The first-order valence-corrected chi connectivity index (χ1v) is 6.63. The topological polar surface area (TPSA) is 86.5 Å². The van der Waals surface area contributed by atoms with Crippen LogP contribution in [0.4, 0.5) is 0 Å². The van der Waals surface area contributed by atoms with Crippen molar-refractivity contribution >= 4 is 5.91 Å². The fourth-order valence-electron chi connectivity index (χ4n) is 1.87. The lowest BCUT2D eigenvalue weighted by atomic mass is 10.2. The van der Waals surface area contributed by atoms with Crippen LogP contribution in [0.5, 0.6) is 11.5 Å². The van der Waals surface area contributed by atoms with Gasteiger partial charge < -0.3 is 19.2 Å². The summed E-state index contributed by atoms with van der Waals surface area (Å²) in [5.41, 5.74) is 0.899. The Balaban J connectivity index is 1.62. The molecule has 0 unspecified atom stereocenters.